The van der Waals surface area contributed by atoms with Crippen LogP contribution in [0, 0.1) is 23.3 Å². The third-order valence-electron chi connectivity index (χ3n) is 7.45. The van der Waals surface area contributed by atoms with E-state index < -0.39 is 89.5 Å². The van der Waals surface area contributed by atoms with E-state index in [0.29, 0.717) is 0 Å². The van der Waals surface area contributed by atoms with Gasteiger partial charge in [-0.05, 0) is 59.6 Å². The maximum Gasteiger partial charge on any atom is 0.130 e. The van der Waals surface area contributed by atoms with Crippen LogP contribution >= 0.6 is 0 Å². The quantitative estimate of drug-likeness (QED) is 0.171. The van der Waals surface area contributed by atoms with Crippen LogP contribution in [0.15, 0.2) is 36.4 Å². The van der Waals surface area contributed by atoms with E-state index in [-0.39, 0.29) is 22.3 Å². The topological polar surface area (TPSA) is 121 Å². The molecule has 0 bridgehead atoms. The van der Waals surface area contributed by atoms with Crippen molar-refractivity contribution in [3.05, 3.63) is 81.9 Å². The van der Waals surface area contributed by atoms with Crippen molar-refractivity contribution in [2.24, 2.45) is 0 Å². The normalized spacial score (nSPS) is 18.0. The maximum atomic E-state index is 15.0. The lowest BCUT2D eigenvalue weighted by Gasteiger charge is -2.46. The Morgan fingerprint density at radius 3 is 1.43 bits per heavy atom. The van der Waals surface area contributed by atoms with Crippen LogP contribution in [0.25, 0.3) is 0 Å². The van der Waals surface area contributed by atoms with E-state index in [1.54, 1.807) is 48.5 Å². The minimum atomic E-state index is -2.91. The molecule has 2 rings (SSSR count). The van der Waals surface area contributed by atoms with Gasteiger partial charge in [-0.25, -0.2) is 17.6 Å². The molecule has 0 radical (unpaired) electrons. The van der Waals surface area contributed by atoms with Crippen LogP contribution in [0.4, 0.5) is 17.6 Å². The molecule has 0 heterocycles. The molecule has 5 atom stereocenters. The fourth-order valence-electron chi connectivity index (χ4n) is 5.43. The number of rotatable bonds is 11. The summed E-state index contributed by atoms with van der Waals surface area (Å²) in [5.74, 6) is -3.70. The minimum Gasteiger partial charge on any atom is -0.394 e. The molecular formula is C32H44F4O6. The van der Waals surface area contributed by atoms with Gasteiger partial charge in [-0.2, -0.15) is 0 Å². The summed E-state index contributed by atoms with van der Waals surface area (Å²) in [7, 11) is 0. The third-order valence-corrected chi connectivity index (χ3v) is 7.45. The first kappa shape index (κ1) is 35.9. The van der Waals surface area contributed by atoms with Crippen LogP contribution in [0.1, 0.15) is 77.1 Å². The van der Waals surface area contributed by atoms with Gasteiger partial charge in [-0.1, -0.05) is 53.7 Å². The second-order valence-electron chi connectivity index (χ2n) is 13.2. The van der Waals surface area contributed by atoms with Gasteiger partial charge in [-0.15, -0.1) is 0 Å². The maximum absolute atomic E-state index is 15.0. The molecule has 0 aromatic heterocycles. The van der Waals surface area contributed by atoms with Crippen LogP contribution < -0.4 is 0 Å². The van der Waals surface area contributed by atoms with E-state index in [0.717, 1.165) is 24.3 Å². The van der Waals surface area contributed by atoms with Gasteiger partial charge in [0.05, 0.1) is 6.61 Å². The molecule has 0 fully saturated rings. The molecule has 10 heteroatoms. The number of hydrogen-bond donors (Lipinski definition) is 6. The Morgan fingerprint density at radius 2 is 1.10 bits per heavy atom. The Kier molecular flexibility index (Phi) is 11.2. The molecule has 0 aliphatic heterocycles. The predicted octanol–water partition coefficient (Wildman–Crippen LogP) is 4.13. The standard InChI is InChI=1S/C32H44F4O6/c1-8-9-10-31(41,15-18-11-20(33)25(21(34)12-18)29(2,3)4)28(40)32(42,27(39)24(38)17-37)16-19-13-22(35)26(23(36)14-19)30(5,6)7/h8-9,11-14,24,27-28,37-42H,10,15-17H2,1-7H3/b9-8+/t24-,27+,28+,31?,32+/m0/s1. The van der Waals surface area contributed by atoms with Gasteiger partial charge < -0.3 is 30.6 Å². The van der Waals surface area contributed by atoms with Gasteiger partial charge >= 0.3 is 0 Å². The lowest BCUT2D eigenvalue weighted by Crippen LogP contribution is -2.66. The number of hydrogen-bond acceptors (Lipinski definition) is 6. The van der Waals surface area contributed by atoms with Crippen LogP contribution in [0.3, 0.4) is 0 Å². The summed E-state index contributed by atoms with van der Waals surface area (Å²) in [4.78, 5) is 0. The number of aliphatic hydroxyl groups excluding tert-OH is 4. The zero-order valence-corrected chi connectivity index (χ0v) is 25.2. The Hall–Kier alpha value is -2.34. The largest absolute Gasteiger partial charge is 0.394 e. The molecule has 42 heavy (non-hydrogen) atoms. The van der Waals surface area contributed by atoms with Gasteiger partial charge in [0.2, 0.25) is 0 Å². The fourth-order valence-corrected chi connectivity index (χ4v) is 5.43. The highest BCUT2D eigenvalue weighted by Gasteiger charge is 2.54. The van der Waals surface area contributed by atoms with Crippen molar-refractivity contribution < 1.29 is 48.2 Å². The van der Waals surface area contributed by atoms with E-state index in [1.807, 2.05) is 0 Å². The molecular weight excluding hydrogens is 556 g/mol. The van der Waals surface area contributed by atoms with Crippen LogP contribution in [-0.2, 0) is 23.7 Å². The smallest absolute Gasteiger partial charge is 0.130 e. The van der Waals surface area contributed by atoms with E-state index in [9.17, 15) is 30.6 Å². The number of benzene rings is 2. The zero-order chi connectivity index (χ0) is 32.4. The van der Waals surface area contributed by atoms with Gasteiger partial charge in [-0.3, -0.25) is 0 Å². The first-order chi connectivity index (χ1) is 19.1. The first-order valence-electron chi connectivity index (χ1n) is 13.8. The lowest BCUT2D eigenvalue weighted by atomic mass is 9.71. The monoisotopic (exact) mass is 600 g/mol. The van der Waals surface area contributed by atoms with Crippen LogP contribution in [0.2, 0.25) is 0 Å². The van der Waals surface area contributed by atoms with Crippen molar-refractivity contribution in [3.8, 4) is 0 Å². The van der Waals surface area contributed by atoms with Crippen molar-refractivity contribution in [1.29, 1.82) is 0 Å². The molecule has 0 amide bonds. The Bertz CT molecular complexity index is 1220. The van der Waals surface area contributed by atoms with Gasteiger partial charge in [0, 0.05) is 24.0 Å². The average molecular weight is 601 g/mol. The molecule has 0 aliphatic carbocycles. The number of allylic oxidation sites excluding steroid dienone is 1. The molecule has 2 aromatic rings. The summed E-state index contributed by atoms with van der Waals surface area (Å²) in [6.07, 6.45) is -5.74. The summed E-state index contributed by atoms with van der Waals surface area (Å²) < 4.78 is 60.1. The van der Waals surface area contributed by atoms with E-state index in [2.05, 4.69) is 0 Å². The molecule has 0 spiro atoms. The lowest BCUT2D eigenvalue weighted by molar-refractivity contribution is -0.228. The predicted molar refractivity (Wildman–Crippen MR) is 152 cm³/mol. The zero-order valence-electron chi connectivity index (χ0n) is 25.2. The van der Waals surface area contributed by atoms with E-state index in [4.69, 9.17) is 0 Å². The van der Waals surface area contributed by atoms with Gasteiger partial charge in [0.15, 0.2) is 0 Å². The van der Waals surface area contributed by atoms with Crippen LogP contribution in [0.5, 0.6) is 0 Å². The highest BCUT2D eigenvalue weighted by atomic mass is 19.1. The summed E-state index contributed by atoms with van der Waals surface area (Å²) in [5, 5.41) is 65.6. The highest BCUT2D eigenvalue weighted by molar-refractivity contribution is 5.34. The van der Waals surface area contributed by atoms with Crippen molar-refractivity contribution in [2.75, 3.05) is 6.61 Å². The fraction of sp³-hybridized carbons (Fsp3) is 0.562. The van der Waals surface area contributed by atoms with Gasteiger partial charge in [0.25, 0.3) is 0 Å². The molecule has 1 unspecified atom stereocenters. The average Bonchev–Trinajstić information content (AvgIpc) is 2.83. The molecule has 0 saturated heterocycles. The summed E-state index contributed by atoms with van der Waals surface area (Å²) in [6, 6.07) is 3.79. The number of aliphatic hydroxyl groups is 6. The first-order valence-corrected chi connectivity index (χ1v) is 13.8. The minimum absolute atomic E-state index is 0.0878. The van der Waals surface area contributed by atoms with E-state index in [1.165, 1.54) is 12.2 Å². The highest BCUT2D eigenvalue weighted by Crippen LogP contribution is 2.37. The van der Waals surface area contributed by atoms with Crippen molar-refractivity contribution in [2.45, 2.75) is 108 Å². The Labute approximate surface area is 245 Å². The molecule has 6 nitrogen and oxygen atoms in total. The number of halogens is 4. The third kappa shape index (κ3) is 7.78. The Morgan fingerprint density at radius 1 is 0.714 bits per heavy atom. The molecule has 236 valence electrons. The Balaban J connectivity index is 2.69. The van der Waals surface area contributed by atoms with Crippen LogP contribution in [-0.4, -0.2) is 66.8 Å². The van der Waals surface area contributed by atoms with Crippen molar-refractivity contribution in [3.63, 3.8) is 0 Å². The molecule has 0 aliphatic rings. The summed E-state index contributed by atoms with van der Waals surface area (Å²) in [6.45, 7) is 10.2. The molecule has 0 saturated carbocycles. The second kappa shape index (κ2) is 13.1. The van der Waals surface area contributed by atoms with Gasteiger partial charge in [0.1, 0.15) is 52.8 Å². The van der Waals surface area contributed by atoms with Crippen molar-refractivity contribution >= 4 is 0 Å². The SMILES string of the molecule is C/C=C/CC(O)(Cc1cc(F)c(C(C)(C)C)c(F)c1)[C@@H](O)[C@@](O)(Cc1cc(F)c(C(C)(C)C)c(F)c1)[C@H](O)[C@@H](O)CO. The molecule has 6 N–H and O–H groups in total. The summed E-state index contributed by atoms with van der Waals surface area (Å²) in [5.41, 5.74) is -7.90. The van der Waals surface area contributed by atoms with E-state index >= 15 is 17.6 Å². The summed E-state index contributed by atoms with van der Waals surface area (Å²) >= 11 is 0. The van der Waals surface area contributed by atoms with Crippen molar-refractivity contribution in [1.82, 2.24) is 0 Å². The second-order valence-corrected chi connectivity index (χ2v) is 13.2. The molecule has 2 aromatic carbocycles.